The number of ether oxygens (including phenoxy) is 3. The Morgan fingerprint density at radius 3 is 2.21 bits per heavy atom. The van der Waals surface area contributed by atoms with E-state index in [1.54, 1.807) is 11.0 Å². The molecular weight excluding hydrogens is 364 g/mol. The van der Waals surface area contributed by atoms with Gasteiger partial charge in [-0.2, -0.15) is 0 Å². The summed E-state index contributed by atoms with van der Waals surface area (Å²) in [6.07, 6.45) is 3.43. The number of benzene rings is 1. The second-order valence-electron chi connectivity index (χ2n) is 6.40. The van der Waals surface area contributed by atoms with Gasteiger partial charge in [-0.3, -0.25) is 9.59 Å². The molecule has 2 aromatic rings. The third-order valence-corrected chi connectivity index (χ3v) is 4.55. The van der Waals surface area contributed by atoms with Crippen LogP contribution in [0, 0.1) is 0 Å². The van der Waals surface area contributed by atoms with Crippen LogP contribution in [0.4, 0.5) is 0 Å². The van der Waals surface area contributed by atoms with Crippen molar-refractivity contribution in [1.29, 1.82) is 0 Å². The quantitative estimate of drug-likeness (QED) is 0.579. The standard InChI is InChI=1S/C20H22N2O6/c1-26-15-7-13(8-16(10-15)27-2)20(25)28-12-18(23)14-9-17(21-11-14)19(24)22-5-3-4-6-22/h7-11,21H,3-6,12H2,1-2H3. The van der Waals surface area contributed by atoms with Crippen molar-refractivity contribution in [2.45, 2.75) is 12.8 Å². The number of Topliss-reactive ketones (excluding diaryl/α,β-unsaturated/α-hetero) is 1. The summed E-state index contributed by atoms with van der Waals surface area (Å²) in [5, 5.41) is 0. The number of aromatic amines is 1. The molecule has 0 aliphatic carbocycles. The number of nitrogens with zero attached hydrogens (tertiary/aromatic N) is 1. The minimum atomic E-state index is -0.672. The van der Waals surface area contributed by atoms with E-state index in [2.05, 4.69) is 4.98 Å². The zero-order chi connectivity index (χ0) is 20.1. The Hall–Kier alpha value is -3.29. The number of ketones is 1. The minimum Gasteiger partial charge on any atom is -0.497 e. The van der Waals surface area contributed by atoms with E-state index in [1.807, 2.05) is 0 Å². The highest BCUT2D eigenvalue weighted by Gasteiger charge is 2.22. The maximum Gasteiger partial charge on any atom is 0.338 e. The highest BCUT2D eigenvalue weighted by molar-refractivity contribution is 6.02. The Kier molecular flexibility index (Phi) is 5.98. The number of aromatic nitrogens is 1. The zero-order valence-corrected chi connectivity index (χ0v) is 15.8. The van der Waals surface area contributed by atoms with Gasteiger partial charge >= 0.3 is 5.97 Å². The summed E-state index contributed by atoms with van der Waals surface area (Å²) < 4.78 is 15.3. The Morgan fingerprint density at radius 1 is 0.964 bits per heavy atom. The van der Waals surface area contributed by atoms with E-state index in [-0.39, 0.29) is 11.5 Å². The summed E-state index contributed by atoms with van der Waals surface area (Å²) >= 11 is 0. The molecule has 28 heavy (non-hydrogen) atoms. The first-order valence-electron chi connectivity index (χ1n) is 8.93. The highest BCUT2D eigenvalue weighted by Crippen LogP contribution is 2.23. The molecule has 0 bridgehead atoms. The molecule has 1 aromatic carbocycles. The smallest absolute Gasteiger partial charge is 0.338 e. The fraction of sp³-hybridized carbons (Fsp3) is 0.350. The summed E-state index contributed by atoms with van der Waals surface area (Å²) in [5.41, 5.74) is 0.857. The lowest BCUT2D eigenvalue weighted by atomic mass is 10.2. The molecule has 2 heterocycles. The van der Waals surface area contributed by atoms with E-state index in [9.17, 15) is 14.4 Å². The van der Waals surface area contributed by atoms with Crippen LogP contribution in [-0.4, -0.2) is 61.5 Å². The molecule has 148 valence electrons. The van der Waals surface area contributed by atoms with Gasteiger partial charge in [-0.05, 0) is 31.0 Å². The molecular formula is C20H22N2O6. The van der Waals surface area contributed by atoms with Gasteiger partial charge in [0.2, 0.25) is 5.78 Å². The molecule has 8 heteroatoms. The lowest BCUT2D eigenvalue weighted by Crippen LogP contribution is -2.27. The molecule has 1 aromatic heterocycles. The van der Waals surface area contributed by atoms with Gasteiger partial charge in [0.1, 0.15) is 17.2 Å². The van der Waals surface area contributed by atoms with E-state index >= 15 is 0 Å². The Bertz CT molecular complexity index is 860. The number of likely N-dealkylation sites (tertiary alicyclic amines) is 1. The van der Waals surface area contributed by atoms with Gasteiger partial charge in [0.05, 0.1) is 19.8 Å². The number of H-pyrrole nitrogens is 1. The molecule has 1 aliphatic rings. The third kappa shape index (κ3) is 4.33. The maximum atomic E-state index is 12.3. The number of carbonyl (C=O) groups excluding carboxylic acids is 3. The van der Waals surface area contributed by atoms with Crippen molar-refractivity contribution < 1.29 is 28.6 Å². The third-order valence-electron chi connectivity index (χ3n) is 4.55. The largest absolute Gasteiger partial charge is 0.497 e. The van der Waals surface area contributed by atoms with Crippen LogP contribution in [0.25, 0.3) is 0 Å². The van der Waals surface area contributed by atoms with Crippen LogP contribution in [0.3, 0.4) is 0 Å². The minimum absolute atomic E-state index is 0.128. The highest BCUT2D eigenvalue weighted by atomic mass is 16.5. The monoisotopic (exact) mass is 386 g/mol. The van der Waals surface area contributed by atoms with Crippen LogP contribution in [0.5, 0.6) is 11.5 Å². The first-order valence-corrected chi connectivity index (χ1v) is 8.93. The van der Waals surface area contributed by atoms with Crippen LogP contribution in [-0.2, 0) is 4.74 Å². The van der Waals surface area contributed by atoms with Gasteiger partial charge in [-0.25, -0.2) is 4.79 Å². The lowest BCUT2D eigenvalue weighted by molar-refractivity contribution is 0.0474. The van der Waals surface area contributed by atoms with Crippen molar-refractivity contribution in [2.24, 2.45) is 0 Å². The Balaban J connectivity index is 1.61. The van der Waals surface area contributed by atoms with Crippen molar-refractivity contribution in [2.75, 3.05) is 33.9 Å². The zero-order valence-electron chi connectivity index (χ0n) is 15.8. The number of rotatable bonds is 7. The van der Waals surface area contributed by atoms with Crippen LogP contribution in [0.15, 0.2) is 30.5 Å². The van der Waals surface area contributed by atoms with Gasteiger partial charge in [-0.1, -0.05) is 0 Å². The van der Waals surface area contributed by atoms with Gasteiger partial charge in [0, 0.05) is 30.9 Å². The van der Waals surface area contributed by atoms with E-state index in [1.165, 1.54) is 38.6 Å². The SMILES string of the molecule is COc1cc(OC)cc(C(=O)OCC(=O)c2c[nH]c(C(=O)N3CCCC3)c2)c1. The summed E-state index contributed by atoms with van der Waals surface area (Å²) in [7, 11) is 2.95. The average molecular weight is 386 g/mol. The fourth-order valence-electron chi connectivity index (χ4n) is 2.99. The van der Waals surface area contributed by atoms with E-state index in [0.29, 0.717) is 22.8 Å². The van der Waals surface area contributed by atoms with E-state index in [0.717, 1.165) is 25.9 Å². The molecule has 8 nitrogen and oxygen atoms in total. The summed E-state index contributed by atoms with van der Waals surface area (Å²) in [6.45, 7) is 1.01. The van der Waals surface area contributed by atoms with E-state index < -0.39 is 18.4 Å². The number of hydrogen-bond acceptors (Lipinski definition) is 6. The second-order valence-corrected chi connectivity index (χ2v) is 6.40. The summed E-state index contributed by atoms with van der Waals surface area (Å²) in [6, 6.07) is 6.11. The first-order chi connectivity index (χ1) is 13.5. The van der Waals surface area contributed by atoms with Crippen molar-refractivity contribution in [3.05, 3.63) is 47.3 Å². The van der Waals surface area contributed by atoms with Crippen molar-refractivity contribution in [3.63, 3.8) is 0 Å². The predicted molar refractivity (Wildman–Crippen MR) is 100 cm³/mol. The van der Waals surface area contributed by atoms with Gasteiger partial charge in [0.25, 0.3) is 5.91 Å². The van der Waals surface area contributed by atoms with Crippen LogP contribution < -0.4 is 9.47 Å². The molecule has 1 aliphatic heterocycles. The second kappa shape index (κ2) is 8.60. The molecule has 1 fully saturated rings. The average Bonchev–Trinajstić information content (AvgIpc) is 3.43. The molecule has 0 spiro atoms. The molecule has 0 radical (unpaired) electrons. The molecule has 0 atom stereocenters. The lowest BCUT2D eigenvalue weighted by Gasteiger charge is -2.13. The van der Waals surface area contributed by atoms with Gasteiger partial charge < -0.3 is 24.1 Å². The van der Waals surface area contributed by atoms with Crippen molar-refractivity contribution in [3.8, 4) is 11.5 Å². The maximum absolute atomic E-state index is 12.3. The molecule has 0 unspecified atom stereocenters. The van der Waals surface area contributed by atoms with Gasteiger partial charge in [0.15, 0.2) is 6.61 Å². The molecule has 1 saturated heterocycles. The topological polar surface area (TPSA) is 97.9 Å². The fourth-order valence-corrected chi connectivity index (χ4v) is 2.99. The molecule has 3 rings (SSSR count). The van der Waals surface area contributed by atoms with Crippen LogP contribution in [0.1, 0.15) is 44.0 Å². The van der Waals surface area contributed by atoms with Crippen molar-refractivity contribution >= 4 is 17.7 Å². The Morgan fingerprint density at radius 2 is 1.61 bits per heavy atom. The molecule has 1 amide bonds. The van der Waals surface area contributed by atoms with Crippen LogP contribution in [0.2, 0.25) is 0 Å². The first kappa shape index (κ1) is 19.5. The number of methoxy groups -OCH3 is 2. The number of nitrogens with one attached hydrogen (secondary N) is 1. The Labute approximate surface area is 162 Å². The normalized spacial score (nSPS) is 13.3. The molecule has 0 saturated carbocycles. The van der Waals surface area contributed by atoms with Gasteiger partial charge in [-0.15, -0.1) is 0 Å². The number of esters is 1. The number of amides is 1. The summed E-state index contributed by atoms with van der Waals surface area (Å²) in [5.74, 6) is -0.326. The van der Waals surface area contributed by atoms with E-state index in [4.69, 9.17) is 14.2 Å². The number of carbonyl (C=O) groups is 3. The van der Waals surface area contributed by atoms with Crippen LogP contribution >= 0.6 is 0 Å². The summed E-state index contributed by atoms with van der Waals surface area (Å²) in [4.78, 5) is 41.5. The van der Waals surface area contributed by atoms with Crippen molar-refractivity contribution in [1.82, 2.24) is 9.88 Å². The molecule has 1 N–H and O–H groups in total. The predicted octanol–water partition coefficient (Wildman–Crippen LogP) is 2.31. The number of hydrogen-bond donors (Lipinski definition) is 1.